The van der Waals surface area contributed by atoms with E-state index in [1.807, 2.05) is 0 Å². The topological polar surface area (TPSA) is 72.5 Å². The van der Waals surface area contributed by atoms with Crippen molar-refractivity contribution in [1.82, 2.24) is 5.32 Å². The highest BCUT2D eigenvalue weighted by atomic mass is 32.2. The van der Waals surface area contributed by atoms with Crippen LogP contribution in [0.25, 0.3) is 0 Å². The maximum Gasteiger partial charge on any atom is 0.534 e. The van der Waals surface area contributed by atoms with E-state index in [9.17, 15) is 35.2 Å². The van der Waals surface area contributed by atoms with E-state index in [0.717, 1.165) is 30.3 Å². The minimum absolute atomic E-state index is 0.129. The molecule has 2 rings (SSSR count). The summed E-state index contributed by atoms with van der Waals surface area (Å²) >= 11 is 0. The van der Waals surface area contributed by atoms with Gasteiger partial charge in [-0.2, -0.15) is 21.6 Å². The van der Waals surface area contributed by atoms with Gasteiger partial charge in [0.15, 0.2) is 5.78 Å². The van der Waals surface area contributed by atoms with Crippen molar-refractivity contribution >= 4 is 15.9 Å². The fourth-order valence-corrected chi connectivity index (χ4v) is 3.03. The molecule has 1 N–H and O–H groups in total. The average Bonchev–Trinajstić information content (AvgIpc) is 2.62. The Bertz CT molecular complexity index is 954. The van der Waals surface area contributed by atoms with Crippen LogP contribution in [-0.4, -0.2) is 26.8 Å². The summed E-state index contributed by atoms with van der Waals surface area (Å²) < 4.78 is 90.4. The molecule has 0 radical (unpaired) electrons. The Morgan fingerprint density at radius 3 is 2.10 bits per heavy atom. The molecule has 2 aromatic carbocycles. The van der Waals surface area contributed by atoms with Gasteiger partial charge in [-0.1, -0.05) is 18.2 Å². The van der Waals surface area contributed by atoms with Crippen molar-refractivity contribution in [3.63, 3.8) is 0 Å². The first kappa shape index (κ1) is 22.8. The van der Waals surface area contributed by atoms with E-state index >= 15 is 0 Å². The van der Waals surface area contributed by atoms with Crippen LogP contribution in [0.2, 0.25) is 0 Å². The molecule has 0 bridgehead atoms. The van der Waals surface area contributed by atoms with E-state index in [1.54, 1.807) is 7.05 Å². The number of Topliss-reactive ketones (excluding diaryl/α,β-unsaturated/α-hetero) is 1. The van der Waals surface area contributed by atoms with Crippen LogP contribution >= 0.6 is 0 Å². The smallest absolute Gasteiger partial charge is 0.376 e. The Hall–Kier alpha value is -2.53. The lowest BCUT2D eigenvalue weighted by molar-refractivity contribution is -0.0500. The molecule has 2 aromatic rings. The van der Waals surface area contributed by atoms with Crippen LogP contribution < -0.4 is 9.50 Å². The summed E-state index contributed by atoms with van der Waals surface area (Å²) in [4.78, 5) is 12.1. The molecule has 0 aromatic heterocycles. The Morgan fingerprint density at radius 1 is 1.07 bits per heavy atom. The van der Waals surface area contributed by atoms with Gasteiger partial charge in [0, 0.05) is 12.5 Å². The van der Waals surface area contributed by atoms with E-state index in [4.69, 9.17) is 0 Å². The van der Waals surface area contributed by atoms with Crippen molar-refractivity contribution in [3.8, 4) is 5.75 Å². The monoisotopic (exact) mass is 437 g/mol. The third kappa shape index (κ3) is 5.51. The molecule has 0 heterocycles. The molecule has 5 nitrogen and oxygen atoms in total. The predicted octanol–water partition coefficient (Wildman–Crippen LogP) is 4.12. The Kier molecular flexibility index (Phi) is 6.96. The van der Waals surface area contributed by atoms with Crippen LogP contribution in [0, 0.1) is 11.6 Å². The van der Waals surface area contributed by atoms with Gasteiger partial charge >= 0.3 is 15.6 Å². The molecular weight excluding hydrogens is 421 g/mol. The van der Waals surface area contributed by atoms with Gasteiger partial charge in [-0.3, -0.25) is 4.79 Å². The maximum absolute atomic E-state index is 13.7. The van der Waals surface area contributed by atoms with Gasteiger partial charge in [0.05, 0.1) is 5.56 Å². The lowest BCUT2D eigenvalue weighted by Gasteiger charge is -2.17. The highest BCUT2D eigenvalue weighted by Gasteiger charge is 2.48. The maximum atomic E-state index is 13.7. The largest absolute Gasteiger partial charge is 0.534 e. The van der Waals surface area contributed by atoms with Crippen molar-refractivity contribution < 1.29 is 39.3 Å². The fourth-order valence-electron chi connectivity index (χ4n) is 2.57. The summed E-state index contributed by atoms with van der Waals surface area (Å²) in [5.41, 5.74) is -5.68. The van der Waals surface area contributed by atoms with Crippen LogP contribution in [0.3, 0.4) is 0 Å². The van der Waals surface area contributed by atoms with Crippen LogP contribution in [0.5, 0.6) is 5.75 Å². The second-order valence-corrected chi connectivity index (χ2v) is 7.49. The first-order chi connectivity index (χ1) is 13.5. The molecule has 0 aliphatic rings. The molecule has 0 saturated carbocycles. The molecule has 29 heavy (non-hydrogen) atoms. The van der Waals surface area contributed by atoms with Crippen LogP contribution in [0.4, 0.5) is 22.0 Å². The number of carbonyl (C=O) groups is 1. The molecule has 11 heteroatoms. The second-order valence-electron chi connectivity index (χ2n) is 5.95. The molecule has 0 saturated heterocycles. The first-order valence-corrected chi connectivity index (χ1v) is 9.62. The van der Waals surface area contributed by atoms with Gasteiger partial charge in [-0.15, -0.1) is 0 Å². The van der Waals surface area contributed by atoms with Crippen LogP contribution in [0.1, 0.15) is 34.8 Å². The minimum Gasteiger partial charge on any atom is -0.376 e. The number of halogens is 5. The van der Waals surface area contributed by atoms with E-state index in [-0.39, 0.29) is 12.8 Å². The number of carbonyl (C=O) groups excluding carboxylic acids is 1. The average molecular weight is 437 g/mol. The summed E-state index contributed by atoms with van der Waals surface area (Å²) in [6.07, 6.45) is -0.0752. The number of ketones is 1. The predicted molar refractivity (Wildman–Crippen MR) is 93.8 cm³/mol. The molecule has 0 fully saturated rings. The van der Waals surface area contributed by atoms with Gasteiger partial charge < -0.3 is 9.50 Å². The third-order valence-electron chi connectivity index (χ3n) is 4.02. The van der Waals surface area contributed by atoms with Crippen molar-refractivity contribution in [2.45, 2.75) is 24.4 Å². The standard InChI is InChI=1S/C18H16F5NO4S/c1-24-15(9-10-16(25)17-13(19)3-2-4-14(17)20)11-5-7-12(8-6-11)28-29(26,27)18(21,22)23/h2-8,15,24H,9-10H2,1H3. The number of rotatable bonds is 8. The third-order valence-corrected chi connectivity index (χ3v) is 5.00. The molecular formula is C18H16F5NO4S. The highest BCUT2D eigenvalue weighted by Crippen LogP contribution is 2.28. The Labute approximate surface area is 163 Å². The number of hydrogen-bond donors (Lipinski definition) is 1. The zero-order chi connectivity index (χ0) is 21.8. The quantitative estimate of drug-likeness (QED) is 0.291. The van der Waals surface area contributed by atoms with Crippen molar-refractivity contribution in [2.75, 3.05) is 7.05 Å². The van der Waals surface area contributed by atoms with E-state index in [2.05, 4.69) is 9.50 Å². The highest BCUT2D eigenvalue weighted by molar-refractivity contribution is 7.88. The normalized spacial score (nSPS) is 13.2. The van der Waals surface area contributed by atoms with Crippen LogP contribution in [0.15, 0.2) is 42.5 Å². The van der Waals surface area contributed by atoms with Crippen molar-refractivity contribution in [3.05, 3.63) is 65.2 Å². The van der Waals surface area contributed by atoms with E-state index < -0.39 is 50.4 Å². The number of benzene rings is 2. The van der Waals surface area contributed by atoms with Gasteiger partial charge in [0.25, 0.3) is 0 Å². The number of nitrogens with one attached hydrogen (secondary N) is 1. The summed E-state index contributed by atoms with van der Waals surface area (Å²) in [5.74, 6) is -3.21. The molecule has 158 valence electrons. The van der Waals surface area contributed by atoms with Crippen LogP contribution in [-0.2, 0) is 10.1 Å². The lowest BCUT2D eigenvalue weighted by Crippen LogP contribution is -2.28. The zero-order valence-electron chi connectivity index (χ0n) is 15.0. The molecule has 0 spiro atoms. The number of alkyl halides is 3. The molecule has 0 amide bonds. The fraction of sp³-hybridized carbons (Fsp3) is 0.278. The van der Waals surface area contributed by atoms with Gasteiger partial charge in [-0.05, 0) is 43.3 Å². The van der Waals surface area contributed by atoms with Crippen molar-refractivity contribution in [1.29, 1.82) is 0 Å². The summed E-state index contributed by atoms with van der Waals surface area (Å²) in [6, 6.07) is 7.29. The minimum atomic E-state index is -5.78. The van der Waals surface area contributed by atoms with Gasteiger partial charge in [0.2, 0.25) is 0 Å². The lowest BCUT2D eigenvalue weighted by atomic mass is 9.98. The zero-order valence-corrected chi connectivity index (χ0v) is 15.8. The van der Waals surface area contributed by atoms with Crippen molar-refractivity contribution in [2.24, 2.45) is 0 Å². The molecule has 0 aliphatic carbocycles. The van der Waals surface area contributed by atoms with Gasteiger partial charge in [0.1, 0.15) is 17.4 Å². The second kappa shape index (κ2) is 8.87. The SMILES string of the molecule is CNC(CCC(=O)c1c(F)cccc1F)c1ccc(OS(=O)(=O)C(F)(F)F)cc1. The number of hydrogen-bond acceptors (Lipinski definition) is 5. The molecule has 1 atom stereocenters. The summed E-state index contributed by atoms with van der Waals surface area (Å²) in [5, 5.41) is 2.87. The van der Waals surface area contributed by atoms with E-state index in [0.29, 0.717) is 5.56 Å². The summed E-state index contributed by atoms with van der Waals surface area (Å²) in [7, 11) is -4.23. The summed E-state index contributed by atoms with van der Waals surface area (Å²) in [6.45, 7) is 0. The van der Waals surface area contributed by atoms with Gasteiger partial charge in [-0.25, -0.2) is 8.78 Å². The molecule has 1 unspecified atom stereocenters. The van der Waals surface area contributed by atoms with E-state index in [1.165, 1.54) is 12.1 Å². The first-order valence-electron chi connectivity index (χ1n) is 8.21. The molecule has 0 aliphatic heterocycles. The Morgan fingerprint density at radius 2 is 1.62 bits per heavy atom. The Balaban J connectivity index is 2.08.